The van der Waals surface area contributed by atoms with Crippen LogP contribution < -0.4 is 5.32 Å². The molecule has 23 heavy (non-hydrogen) atoms. The number of H-pyrrole nitrogens is 1. The molecule has 0 radical (unpaired) electrons. The molecule has 2 N–H and O–H groups in total. The molecule has 3 rings (SSSR count). The molecule has 6 nitrogen and oxygen atoms in total. The molecular formula is C17H16N4O2. The predicted molar refractivity (Wildman–Crippen MR) is 88.0 cm³/mol. The van der Waals surface area contributed by atoms with E-state index in [1.165, 1.54) is 7.11 Å². The van der Waals surface area contributed by atoms with Gasteiger partial charge in [0, 0.05) is 23.5 Å². The smallest absolute Gasteiger partial charge is 0.411 e. The first-order valence-electron chi connectivity index (χ1n) is 7.10. The Balaban J connectivity index is 2.02. The zero-order chi connectivity index (χ0) is 16.2. The number of hydrogen-bond donors (Lipinski definition) is 2. The number of imidazole rings is 1. The van der Waals surface area contributed by atoms with Crippen molar-refractivity contribution in [3.8, 4) is 22.6 Å². The van der Waals surface area contributed by atoms with Gasteiger partial charge in [-0.05, 0) is 31.2 Å². The zero-order valence-electron chi connectivity index (χ0n) is 12.8. The normalized spacial score (nSPS) is 10.3. The number of anilines is 1. The van der Waals surface area contributed by atoms with Crippen molar-refractivity contribution in [1.82, 2.24) is 15.0 Å². The lowest BCUT2D eigenvalue weighted by Crippen LogP contribution is -2.11. The molecule has 0 bridgehead atoms. The number of ether oxygens (including phenoxy) is 1. The summed E-state index contributed by atoms with van der Waals surface area (Å²) >= 11 is 0. The Morgan fingerprint density at radius 1 is 1.22 bits per heavy atom. The van der Waals surface area contributed by atoms with E-state index in [1.807, 2.05) is 37.3 Å². The number of para-hydroxylation sites is 1. The van der Waals surface area contributed by atoms with Crippen LogP contribution >= 0.6 is 0 Å². The largest absolute Gasteiger partial charge is 0.453 e. The van der Waals surface area contributed by atoms with Crippen molar-refractivity contribution in [3.63, 3.8) is 0 Å². The van der Waals surface area contributed by atoms with Crippen LogP contribution in [0.1, 0.15) is 5.69 Å². The fourth-order valence-electron chi connectivity index (χ4n) is 2.34. The average Bonchev–Trinajstić information content (AvgIpc) is 2.97. The number of hydrogen-bond acceptors (Lipinski definition) is 4. The van der Waals surface area contributed by atoms with Crippen LogP contribution in [0.5, 0.6) is 0 Å². The van der Waals surface area contributed by atoms with E-state index >= 15 is 0 Å². The van der Waals surface area contributed by atoms with Crippen LogP contribution in [0.2, 0.25) is 0 Å². The van der Waals surface area contributed by atoms with Crippen molar-refractivity contribution >= 4 is 11.8 Å². The lowest BCUT2D eigenvalue weighted by atomic mass is 10.1. The minimum atomic E-state index is -0.520. The van der Waals surface area contributed by atoms with Gasteiger partial charge in [0.2, 0.25) is 0 Å². The van der Waals surface area contributed by atoms with E-state index in [1.54, 1.807) is 18.5 Å². The molecular weight excluding hydrogens is 292 g/mol. The van der Waals surface area contributed by atoms with E-state index in [0.717, 1.165) is 22.5 Å². The lowest BCUT2D eigenvalue weighted by Gasteiger charge is -2.08. The van der Waals surface area contributed by atoms with Crippen molar-refractivity contribution in [3.05, 3.63) is 54.5 Å². The van der Waals surface area contributed by atoms with Crippen LogP contribution in [0, 0.1) is 6.92 Å². The quantitative estimate of drug-likeness (QED) is 0.774. The van der Waals surface area contributed by atoms with Crippen LogP contribution in [0.25, 0.3) is 22.6 Å². The van der Waals surface area contributed by atoms with Gasteiger partial charge in [-0.15, -0.1) is 0 Å². The highest BCUT2D eigenvalue weighted by molar-refractivity contribution is 5.90. The fraction of sp³-hybridized carbons (Fsp3) is 0.118. The minimum absolute atomic E-state index is 0.520. The molecule has 0 aliphatic carbocycles. The van der Waals surface area contributed by atoms with Gasteiger partial charge in [-0.2, -0.15) is 0 Å². The molecule has 3 aromatic rings. The van der Waals surface area contributed by atoms with E-state index in [2.05, 4.69) is 25.0 Å². The number of carbonyl (C=O) groups excluding carboxylic acids is 1. The first kappa shape index (κ1) is 14.8. The van der Waals surface area contributed by atoms with Gasteiger partial charge in [0.15, 0.2) is 0 Å². The number of rotatable bonds is 3. The molecule has 0 aliphatic heterocycles. The highest BCUT2D eigenvalue weighted by Crippen LogP contribution is 2.29. The van der Waals surface area contributed by atoms with Crippen molar-refractivity contribution < 1.29 is 9.53 Å². The third-order valence-corrected chi connectivity index (χ3v) is 3.44. The van der Waals surface area contributed by atoms with E-state index in [9.17, 15) is 4.79 Å². The number of amides is 1. The summed E-state index contributed by atoms with van der Waals surface area (Å²) in [6.45, 7) is 1.93. The second kappa shape index (κ2) is 6.31. The Hall–Kier alpha value is -3.15. The summed E-state index contributed by atoms with van der Waals surface area (Å²) in [5.74, 6) is 0.674. The molecule has 2 aromatic heterocycles. The fourth-order valence-corrected chi connectivity index (χ4v) is 2.34. The van der Waals surface area contributed by atoms with E-state index in [-0.39, 0.29) is 0 Å². The molecule has 116 valence electrons. The highest BCUT2D eigenvalue weighted by atomic mass is 16.5. The minimum Gasteiger partial charge on any atom is -0.453 e. The maximum absolute atomic E-state index is 11.5. The molecule has 0 unspecified atom stereocenters. The number of nitrogens with one attached hydrogen (secondary N) is 2. The van der Waals surface area contributed by atoms with Crippen LogP contribution in [-0.4, -0.2) is 28.2 Å². The summed E-state index contributed by atoms with van der Waals surface area (Å²) in [5.41, 5.74) is 4.14. The van der Waals surface area contributed by atoms with Crippen LogP contribution in [0.3, 0.4) is 0 Å². The zero-order valence-corrected chi connectivity index (χ0v) is 12.8. The van der Waals surface area contributed by atoms with Crippen molar-refractivity contribution in [2.75, 3.05) is 12.4 Å². The van der Waals surface area contributed by atoms with Gasteiger partial charge in [0.05, 0.1) is 24.2 Å². The van der Waals surface area contributed by atoms with Crippen molar-refractivity contribution in [2.45, 2.75) is 6.92 Å². The van der Waals surface area contributed by atoms with Gasteiger partial charge < -0.3 is 9.72 Å². The number of aromatic amines is 1. The standard InChI is InChI=1S/C17H16N4O2/c1-11-15(12-6-5-9-18-10-12)21-16(19-11)13-7-3-4-8-14(13)20-17(22)23-2/h3-10H,1-2H3,(H,19,21)(H,20,22). The van der Waals surface area contributed by atoms with Crippen LogP contribution in [0.15, 0.2) is 48.8 Å². The number of pyridine rings is 1. The van der Waals surface area contributed by atoms with Crippen molar-refractivity contribution in [1.29, 1.82) is 0 Å². The number of carbonyl (C=O) groups is 1. The maximum atomic E-state index is 11.5. The Labute approximate surface area is 133 Å². The monoisotopic (exact) mass is 308 g/mol. The molecule has 0 atom stereocenters. The second-order valence-corrected chi connectivity index (χ2v) is 4.95. The third-order valence-electron chi connectivity index (χ3n) is 3.44. The summed E-state index contributed by atoms with van der Waals surface area (Å²) in [4.78, 5) is 23.5. The summed E-state index contributed by atoms with van der Waals surface area (Å²) in [6.07, 6.45) is 2.99. The first-order chi connectivity index (χ1) is 11.2. The molecule has 0 fully saturated rings. The maximum Gasteiger partial charge on any atom is 0.411 e. The highest BCUT2D eigenvalue weighted by Gasteiger charge is 2.14. The molecule has 0 saturated heterocycles. The summed E-state index contributed by atoms with van der Waals surface area (Å²) in [5, 5.41) is 2.69. The van der Waals surface area contributed by atoms with Gasteiger partial charge in [-0.25, -0.2) is 9.78 Å². The number of aromatic nitrogens is 3. The molecule has 2 heterocycles. The average molecular weight is 308 g/mol. The molecule has 1 aromatic carbocycles. The number of methoxy groups -OCH3 is 1. The Morgan fingerprint density at radius 3 is 2.78 bits per heavy atom. The van der Waals surface area contributed by atoms with Gasteiger partial charge in [-0.3, -0.25) is 10.3 Å². The topological polar surface area (TPSA) is 79.9 Å². The molecule has 6 heteroatoms. The molecule has 0 aliphatic rings. The first-order valence-corrected chi connectivity index (χ1v) is 7.10. The van der Waals surface area contributed by atoms with Crippen LogP contribution in [0.4, 0.5) is 10.5 Å². The number of benzene rings is 1. The third kappa shape index (κ3) is 3.06. The van der Waals surface area contributed by atoms with E-state index < -0.39 is 6.09 Å². The Morgan fingerprint density at radius 2 is 2.04 bits per heavy atom. The number of nitrogens with zero attached hydrogens (tertiary/aromatic N) is 2. The van der Waals surface area contributed by atoms with E-state index in [4.69, 9.17) is 0 Å². The lowest BCUT2D eigenvalue weighted by molar-refractivity contribution is 0.187. The molecule has 1 amide bonds. The van der Waals surface area contributed by atoms with Gasteiger partial charge in [0.25, 0.3) is 0 Å². The van der Waals surface area contributed by atoms with Gasteiger partial charge in [-0.1, -0.05) is 12.1 Å². The molecule has 0 spiro atoms. The Kier molecular flexibility index (Phi) is 4.05. The van der Waals surface area contributed by atoms with Gasteiger partial charge in [0.1, 0.15) is 5.82 Å². The Bertz CT molecular complexity index is 828. The predicted octanol–water partition coefficient (Wildman–Crippen LogP) is 3.63. The van der Waals surface area contributed by atoms with Gasteiger partial charge >= 0.3 is 6.09 Å². The summed E-state index contributed by atoms with van der Waals surface area (Å²) < 4.78 is 4.65. The molecule has 0 saturated carbocycles. The number of aryl methyl sites for hydroxylation is 1. The second-order valence-electron chi connectivity index (χ2n) is 4.95. The summed E-state index contributed by atoms with van der Waals surface area (Å²) in [6, 6.07) is 11.3. The summed E-state index contributed by atoms with van der Waals surface area (Å²) in [7, 11) is 1.33. The van der Waals surface area contributed by atoms with Crippen molar-refractivity contribution in [2.24, 2.45) is 0 Å². The van der Waals surface area contributed by atoms with Crippen LogP contribution in [-0.2, 0) is 4.74 Å². The SMILES string of the molecule is COC(=O)Nc1ccccc1-c1nc(C)c(-c2cccnc2)[nH]1. The van der Waals surface area contributed by atoms with E-state index in [0.29, 0.717) is 11.5 Å².